The zero-order valence-corrected chi connectivity index (χ0v) is 16.7. The van der Waals surface area contributed by atoms with Crippen LogP contribution in [0.5, 0.6) is 0 Å². The van der Waals surface area contributed by atoms with E-state index in [-0.39, 0.29) is 5.54 Å². The van der Waals surface area contributed by atoms with Crippen LogP contribution in [0, 0.1) is 3.57 Å². The van der Waals surface area contributed by atoms with Gasteiger partial charge in [-0.3, -0.25) is 0 Å². The Morgan fingerprint density at radius 1 is 1.00 bits per heavy atom. The van der Waals surface area contributed by atoms with Crippen molar-refractivity contribution in [2.75, 3.05) is 0 Å². The van der Waals surface area contributed by atoms with E-state index in [1.807, 2.05) is 0 Å². The molecule has 3 aromatic rings. The number of rotatable bonds is 1. The van der Waals surface area contributed by atoms with Crippen LogP contribution in [-0.2, 0) is 5.54 Å². The molecule has 0 saturated carbocycles. The summed E-state index contributed by atoms with van der Waals surface area (Å²) in [4.78, 5) is 0. The number of halogens is 1. The third-order valence-electron chi connectivity index (χ3n) is 4.06. The van der Waals surface area contributed by atoms with Crippen LogP contribution in [0.25, 0.3) is 21.8 Å². The molecule has 110 valence electrons. The summed E-state index contributed by atoms with van der Waals surface area (Å²) in [5, 5.41) is 4.39. The minimum atomic E-state index is -0.890. The summed E-state index contributed by atoms with van der Waals surface area (Å²) in [7, 11) is -0.890. The van der Waals surface area contributed by atoms with Crippen LogP contribution in [0.1, 0.15) is 20.8 Å². The van der Waals surface area contributed by atoms with Gasteiger partial charge in [0.15, 0.2) is 0 Å². The maximum Gasteiger partial charge on any atom is 0.0675 e. The van der Waals surface area contributed by atoms with E-state index in [0.717, 1.165) is 0 Å². The highest BCUT2D eigenvalue weighted by atomic mass is 127. The van der Waals surface area contributed by atoms with E-state index in [9.17, 15) is 0 Å². The summed E-state index contributed by atoms with van der Waals surface area (Å²) in [6.45, 7) is 11.8. The van der Waals surface area contributed by atoms with Gasteiger partial charge in [0.05, 0.1) is 8.80 Å². The highest BCUT2D eigenvalue weighted by Gasteiger charge is 2.23. The Morgan fingerprint density at radius 3 is 2.29 bits per heavy atom. The zero-order valence-electron chi connectivity index (χ0n) is 13.4. The van der Waals surface area contributed by atoms with E-state index in [0.29, 0.717) is 0 Å². The Balaban J connectivity index is 2.62. The van der Waals surface area contributed by atoms with Gasteiger partial charge >= 0.3 is 0 Å². The van der Waals surface area contributed by atoms with Gasteiger partial charge in [0, 0.05) is 30.9 Å². The minimum Gasteiger partial charge on any atom is -0.335 e. The first-order valence-electron chi connectivity index (χ1n) is 7.54. The van der Waals surface area contributed by atoms with E-state index in [1.165, 1.54) is 25.4 Å². The average Bonchev–Trinajstić information content (AvgIpc) is 2.72. The number of fused-ring (bicyclic) bond motifs is 3. The highest BCUT2D eigenvalue weighted by molar-refractivity contribution is 14.1. The van der Waals surface area contributed by atoms with Crippen LogP contribution >= 0.6 is 22.6 Å². The molecule has 0 unspecified atom stereocenters. The van der Waals surface area contributed by atoms with Gasteiger partial charge < -0.3 is 4.57 Å². The predicted octanol–water partition coefficient (Wildman–Crippen LogP) is 4.85. The normalized spacial score (nSPS) is 12.7. The smallest absolute Gasteiger partial charge is 0.0675 e. The Morgan fingerprint density at radius 2 is 1.67 bits per heavy atom. The fourth-order valence-electron chi connectivity index (χ4n) is 3.23. The molecule has 0 N–H and O–H groups in total. The van der Waals surface area contributed by atoms with Crippen LogP contribution in [0.4, 0.5) is 0 Å². The van der Waals surface area contributed by atoms with Gasteiger partial charge in [0.1, 0.15) is 0 Å². The van der Waals surface area contributed by atoms with Crippen molar-refractivity contribution in [2.45, 2.75) is 39.4 Å². The predicted molar refractivity (Wildman–Crippen MR) is 106 cm³/mol. The monoisotopic (exact) mass is 407 g/mol. The van der Waals surface area contributed by atoms with Crippen molar-refractivity contribution in [3.8, 4) is 0 Å². The topological polar surface area (TPSA) is 4.93 Å². The molecular formula is C18H22INSi. The van der Waals surface area contributed by atoms with Crippen LogP contribution < -0.4 is 5.19 Å². The summed E-state index contributed by atoms with van der Waals surface area (Å²) in [6, 6.07) is 13.6. The number of hydrogen-bond donors (Lipinski definition) is 0. The summed E-state index contributed by atoms with van der Waals surface area (Å²) in [5.41, 5.74) is 2.91. The number of aromatic nitrogens is 1. The Kier molecular flexibility index (Phi) is 3.68. The standard InChI is InChI=1S/C18H22INSi/c1-18(2,3)20-15-9-7-6-8-13(15)14-10-12(19)11-16(17(14)20)21(4)5/h6-11,21H,1-5H3. The van der Waals surface area contributed by atoms with Crippen molar-refractivity contribution in [2.24, 2.45) is 0 Å². The quantitative estimate of drug-likeness (QED) is 0.402. The van der Waals surface area contributed by atoms with Gasteiger partial charge in [-0.15, -0.1) is 0 Å². The summed E-state index contributed by atoms with van der Waals surface area (Å²) < 4.78 is 3.91. The molecular weight excluding hydrogens is 385 g/mol. The van der Waals surface area contributed by atoms with Crippen LogP contribution in [0.2, 0.25) is 13.1 Å². The number of nitrogens with zero attached hydrogens (tertiary/aromatic N) is 1. The molecule has 1 nitrogen and oxygen atoms in total. The molecule has 21 heavy (non-hydrogen) atoms. The molecule has 0 aliphatic heterocycles. The number of para-hydroxylation sites is 1. The fourth-order valence-corrected chi connectivity index (χ4v) is 5.56. The summed E-state index contributed by atoms with van der Waals surface area (Å²) in [5.74, 6) is 0. The maximum atomic E-state index is 2.55. The van der Waals surface area contributed by atoms with Crippen molar-refractivity contribution < 1.29 is 0 Å². The van der Waals surface area contributed by atoms with Crippen molar-refractivity contribution in [1.82, 2.24) is 4.57 Å². The summed E-state index contributed by atoms with van der Waals surface area (Å²) in [6.07, 6.45) is 0. The molecule has 0 atom stereocenters. The van der Waals surface area contributed by atoms with Crippen molar-refractivity contribution in [3.63, 3.8) is 0 Å². The lowest BCUT2D eigenvalue weighted by Gasteiger charge is -2.26. The zero-order chi connectivity index (χ0) is 15.4. The number of hydrogen-bond acceptors (Lipinski definition) is 0. The molecule has 0 fully saturated rings. The molecule has 0 spiro atoms. The van der Waals surface area contributed by atoms with Gasteiger partial charge in [-0.05, 0) is 66.7 Å². The van der Waals surface area contributed by atoms with Gasteiger partial charge in [-0.25, -0.2) is 0 Å². The largest absolute Gasteiger partial charge is 0.335 e. The minimum absolute atomic E-state index is 0.0895. The fraction of sp³-hybridized carbons (Fsp3) is 0.333. The van der Waals surface area contributed by atoms with Crippen molar-refractivity contribution >= 4 is 58.4 Å². The summed E-state index contributed by atoms with van der Waals surface area (Å²) >= 11 is 2.46. The van der Waals surface area contributed by atoms with E-state index in [4.69, 9.17) is 0 Å². The van der Waals surface area contributed by atoms with E-state index in [2.05, 4.69) is 97.4 Å². The molecule has 0 aliphatic rings. The first kappa shape index (κ1) is 15.1. The Hall–Kier alpha value is -0.813. The Labute approximate surface area is 142 Å². The van der Waals surface area contributed by atoms with Crippen LogP contribution in [-0.4, -0.2) is 13.4 Å². The maximum absolute atomic E-state index is 2.55. The van der Waals surface area contributed by atoms with Crippen LogP contribution in [0.3, 0.4) is 0 Å². The second kappa shape index (κ2) is 5.13. The van der Waals surface area contributed by atoms with E-state index in [1.54, 1.807) is 5.19 Å². The second-order valence-corrected chi connectivity index (χ2v) is 11.2. The van der Waals surface area contributed by atoms with Gasteiger partial charge in [0.2, 0.25) is 0 Å². The third-order valence-corrected chi connectivity index (χ3v) is 6.36. The first-order valence-corrected chi connectivity index (χ1v) is 11.5. The molecule has 0 amide bonds. The van der Waals surface area contributed by atoms with Crippen molar-refractivity contribution in [3.05, 3.63) is 40.0 Å². The SMILES string of the molecule is C[SiH](C)c1cc(I)cc2c3ccccc3n(C(C)(C)C)c12. The lowest BCUT2D eigenvalue weighted by molar-refractivity contribution is 0.424. The molecule has 0 aliphatic carbocycles. The van der Waals surface area contributed by atoms with Crippen LogP contribution in [0.15, 0.2) is 36.4 Å². The molecule has 2 aromatic carbocycles. The highest BCUT2D eigenvalue weighted by Crippen LogP contribution is 2.34. The molecule has 0 radical (unpaired) electrons. The van der Waals surface area contributed by atoms with Gasteiger partial charge in [0.25, 0.3) is 0 Å². The lowest BCUT2D eigenvalue weighted by atomic mass is 10.1. The molecule has 3 rings (SSSR count). The van der Waals surface area contributed by atoms with Gasteiger partial charge in [-0.2, -0.15) is 0 Å². The Bertz CT molecular complexity index is 824. The molecule has 1 heterocycles. The molecule has 1 aromatic heterocycles. The molecule has 0 saturated heterocycles. The van der Waals surface area contributed by atoms with Gasteiger partial charge in [-0.1, -0.05) is 31.3 Å². The van der Waals surface area contributed by atoms with E-state index < -0.39 is 8.80 Å². The second-order valence-electron chi connectivity index (χ2n) is 7.07. The average molecular weight is 407 g/mol. The van der Waals surface area contributed by atoms with Crippen molar-refractivity contribution in [1.29, 1.82) is 0 Å². The molecule has 3 heteroatoms. The molecule has 0 bridgehead atoms. The third kappa shape index (κ3) is 2.44. The van der Waals surface area contributed by atoms with E-state index >= 15 is 0 Å². The first-order chi connectivity index (χ1) is 9.80. The number of benzene rings is 2. The lowest BCUT2D eigenvalue weighted by Crippen LogP contribution is -2.30.